The molecular formula is C21H27N3O5. The molecule has 8 nitrogen and oxygen atoms in total. The van der Waals surface area contributed by atoms with Gasteiger partial charge in [0.1, 0.15) is 6.23 Å². The van der Waals surface area contributed by atoms with Gasteiger partial charge in [-0.2, -0.15) is 0 Å². The van der Waals surface area contributed by atoms with Crippen molar-refractivity contribution in [1.29, 1.82) is 0 Å². The van der Waals surface area contributed by atoms with Crippen molar-refractivity contribution in [3.63, 3.8) is 0 Å². The quantitative estimate of drug-likeness (QED) is 0.572. The molecule has 1 saturated heterocycles. The van der Waals surface area contributed by atoms with Crippen LogP contribution in [0.25, 0.3) is 0 Å². The summed E-state index contributed by atoms with van der Waals surface area (Å²) in [7, 11) is 0. The second-order valence-electron chi connectivity index (χ2n) is 7.39. The molecule has 3 atom stereocenters. The van der Waals surface area contributed by atoms with Gasteiger partial charge in [0.15, 0.2) is 0 Å². The molecule has 1 aromatic carbocycles. The van der Waals surface area contributed by atoms with Crippen LogP contribution in [0.4, 0.5) is 0 Å². The maximum absolute atomic E-state index is 12.1. The SMILES string of the molecule is Cc1cn([C@H]2C[C@H](O)[C@@H](CCC(=O)NCCCc3ccccc3)O2)c(=O)[nH]c1=O. The van der Waals surface area contributed by atoms with E-state index < -0.39 is 29.7 Å². The fraction of sp³-hybridized carbons (Fsp3) is 0.476. The van der Waals surface area contributed by atoms with Crippen molar-refractivity contribution in [1.82, 2.24) is 14.9 Å². The van der Waals surface area contributed by atoms with E-state index in [1.165, 1.54) is 16.3 Å². The van der Waals surface area contributed by atoms with E-state index in [9.17, 15) is 19.5 Å². The lowest BCUT2D eigenvalue weighted by Gasteiger charge is -2.16. The van der Waals surface area contributed by atoms with E-state index in [0.717, 1.165) is 12.8 Å². The number of aromatic amines is 1. The Morgan fingerprint density at radius 3 is 2.83 bits per heavy atom. The predicted molar refractivity (Wildman–Crippen MR) is 108 cm³/mol. The number of hydrogen-bond acceptors (Lipinski definition) is 5. The minimum atomic E-state index is -0.773. The average molecular weight is 401 g/mol. The van der Waals surface area contributed by atoms with Crippen molar-refractivity contribution in [2.45, 2.75) is 57.5 Å². The van der Waals surface area contributed by atoms with Gasteiger partial charge < -0.3 is 15.2 Å². The smallest absolute Gasteiger partial charge is 0.330 e. The van der Waals surface area contributed by atoms with Crippen LogP contribution in [0.5, 0.6) is 0 Å². The van der Waals surface area contributed by atoms with Crippen LogP contribution in [0.1, 0.15) is 43.0 Å². The van der Waals surface area contributed by atoms with Crippen LogP contribution >= 0.6 is 0 Å². The third-order valence-electron chi connectivity index (χ3n) is 5.12. The Balaban J connectivity index is 1.42. The summed E-state index contributed by atoms with van der Waals surface area (Å²) in [5.41, 5.74) is 0.615. The Morgan fingerprint density at radius 1 is 1.31 bits per heavy atom. The number of nitrogens with zero attached hydrogens (tertiary/aromatic N) is 1. The van der Waals surface area contributed by atoms with Gasteiger partial charge in [0.05, 0.1) is 12.2 Å². The van der Waals surface area contributed by atoms with Crippen molar-refractivity contribution in [3.8, 4) is 0 Å². The lowest BCUT2D eigenvalue weighted by molar-refractivity contribution is -0.122. The van der Waals surface area contributed by atoms with Crippen molar-refractivity contribution in [2.75, 3.05) is 6.54 Å². The first kappa shape index (κ1) is 21.0. The van der Waals surface area contributed by atoms with Crippen molar-refractivity contribution in [3.05, 3.63) is 68.5 Å². The third-order valence-corrected chi connectivity index (χ3v) is 5.12. The zero-order chi connectivity index (χ0) is 20.8. The molecule has 156 valence electrons. The summed E-state index contributed by atoms with van der Waals surface area (Å²) in [5.74, 6) is -0.0886. The number of rotatable bonds is 8. The third kappa shape index (κ3) is 5.65. The number of ether oxygens (including phenoxy) is 1. The Hall–Kier alpha value is -2.71. The van der Waals surface area contributed by atoms with Crippen LogP contribution in [0.2, 0.25) is 0 Å². The van der Waals surface area contributed by atoms with Crippen LogP contribution in [0, 0.1) is 6.92 Å². The van der Waals surface area contributed by atoms with Gasteiger partial charge in [-0.1, -0.05) is 30.3 Å². The van der Waals surface area contributed by atoms with Gasteiger partial charge in [-0.25, -0.2) is 4.79 Å². The van der Waals surface area contributed by atoms with Gasteiger partial charge in [0, 0.05) is 31.1 Å². The number of hydrogen-bond donors (Lipinski definition) is 3. The van der Waals surface area contributed by atoms with Crippen LogP contribution < -0.4 is 16.6 Å². The Kier molecular flexibility index (Phi) is 7.00. The second kappa shape index (κ2) is 9.67. The molecule has 2 aromatic rings. The van der Waals surface area contributed by atoms with Crippen LogP contribution in [0.15, 0.2) is 46.1 Å². The molecule has 1 aromatic heterocycles. The molecule has 0 spiro atoms. The highest BCUT2D eigenvalue weighted by molar-refractivity contribution is 5.75. The zero-order valence-electron chi connectivity index (χ0n) is 16.5. The lowest BCUT2D eigenvalue weighted by atomic mass is 10.1. The fourth-order valence-electron chi connectivity index (χ4n) is 3.47. The van der Waals surface area contributed by atoms with Gasteiger partial charge >= 0.3 is 5.69 Å². The minimum Gasteiger partial charge on any atom is -0.390 e. The number of aliphatic hydroxyl groups excluding tert-OH is 1. The first-order valence-corrected chi connectivity index (χ1v) is 9.90. The summed E-state index contributed by atoms with van der Waals surface area (Å²) in [4.78, 5) is 37.8. The van der Waals surface area contributed by atoms with E-state index in [-0.39, 0.29) is 18.7 Å². The molecule has 3 rings (SSSR count). The van der Waals surface area contributed by atoms with E-state index >= 15 is 0 Å². The highest BCUT2D eigenvalue weighted by Crippen LogP contribution is 2.30. The highest BCUT2D eigenvalue weighted by Gasteiger charge is 2.35. The summed E-state index contributed by atoms with van der Waals surface area (Å²) in [6, 6.07) is 10.1. The number of benzene rings is 1. The van der Waals surface area contributed by atoms with Crippen molar-refractivity contribution in [2.24, 2.45) is 0 Å². The van der Waals surface area contributed by atoms with Crippen molar-refractivity contribution < 1.29 is 14.6 Å². The summed E-state index contributed by atoms with van der Waals surface area (Å²) < 4.78 is 7.06. The number of nitrogens with one attached hydrogen (secondary N) is 2. The molecular weight excluding hydrogens is 374 g/mol. The molecule has 1 aliphatic rings. The van der Waals surface area contributed by atoms with Crippen LogP contribution in [-0.4, -0.2) is 39.3 Å². The number of amides is 1. The van der Waals surface area contributed by atoms with Crippen LogP contribution in [-0.2, 0) is 16.0 Å². The number of aliphatic hydroxyl groups is 1. The van der Waals surface area contributed by atoms with E-state index in [2.05, 4.69) is 22.4 Å². The standard InChI is InChI=1S/C21H27N3O5/c1-14-13-24(21(28)23-20(14)27)19-12-16(25)17(29-19)9-10-18(26)22-11-5-8-15-6-3-2-4-7-15/h2-4,6-7,13,16-17,19,25H,5,8-12H2,1H3,(H,22,26)(H,23,27,28)/t16-,17+,19+/m0/s1. The summed E-state index contributed by atoms with van der Waals surface area (Å²) in [6.45, 7) is 2.19. The highest BCUT2D eigenvalue weighted by atomic mass is 16.5. The largest absolute Gasteiger partial charge is 0.390 e. The van der Waals surface area contributed by atoms with E-state index in [4.69, 9.17) is 4.74 Å². The number of H-pyrrole nitrogens is 1. The van der Waals surface area contributed by atoms with Gasteiger partial charge in [-0.3, -0.25) is 19.1 Å². The summed E-state index contributed by atoms with van der Waals surface area (Å²) in [5, 5.41) is 13.1. The molecule has 3 N–H and O–H groups in total. The Morgan fingerprint density at radius 2 is 2.07 bits per heavy atom. The molecule has 2 heterocycles. The predicted octanol–water partition coefficient (Wildman–Crippen LogP) is 1.02. The molecule has 1 fully saturated rings. The Bertz CT molecular complexity index is 937. The van der Waals surface area contributed by atoms with Gasteiger partial charge in [0.2, 0.25) is 5.91 Å². The maximum Gasteiger partial charge on any atom is 0.330 e. The number of carbonyl (C=O) groups excluding carboxylic acids is 1. The summed E-state index contributed by atoms with van der Waals surface area (Å²) in [6.07, 6.45) is 2.05. The molecule has 0 aliphatic carbocycles. The van der Waals surface area contributed by atoms with Crippen molar-refractivity contribution >= 4 is 5.91 Å². The minimum absolute atomic E-state index is 0.0886. The number of aryl methyl sites for hydroxylation is 2. The monoisotopic (exact) mass is 401 g/mol. The molecule has 0 unspecified atom stereocenters. The topological polar surface area (TPSA) is 113 Å². The molecule has 29 heavy (non-hydrogen) atoms. The molecule has 1 aliphatic heterocycles. The van der Waals surface area contributed by atoms with Gasteiger partial charge in [-0.05, 0) is 31.7 Å². The van der Waals surface area contributed by atoms with E-state index in [1.807, 2.05) is 18.2 Å². The van der Waals surface area contributed by atoms with Gasteiger partial charge in [0.25, 0.3) is 5.56 Å². The Labute approximate surface area is 168 Å². The molecule has 1 amide bonds. The second-order valence-corrected chi connectivity index (χ2v) is 7.39. The maximum atomic E-state index is 12.1. The molecule has 0 radical (unpaired) electrons. The molecule has 0 saturated carbocycles. The molecule has 8 heteroatoms. The first-order valence-electron chi connectivity index (χ1n) is 9.90. The van der Waals surface area contributed by atoms with Crippen LogP contribution in [0.3, 0.4) is 0 Å². The van der Waals surface area contributed by atoms with E-state index in [0.29, 0.717) is 18.5 Å². The van der Waals surface area contributed by atoms with Gasteiger partial charge in [-0.15, -0.1) is 0 Å². The normalized spacial score (nSPS) is 21.2. The fourth-order valence-corrected chi connectivity index (χ4v) is 3.47. The summed E-state index contributed by atoms with van der Waals surface area (Å²) >= 11 is 0. The number of carbonyl (C=O) groups is 1. The first-order chi connectivity index (χ1) is 13.9. The zero-order valence-corrected chi connectivity index (χ0v) is 16.5. The number of aromatic nitrogens is 2. The molecule has 0 bridgehead atoms. The van der Waals surface area contributed by atoms with E-state index in [1.54, 1.807) is 6.92 Å². The lowest BCUT2D eigenvalue weighted by Crippen LogP contribution is -2.33. The average Bonchev–Trinajstić information content (AvgIpc) is 3.07.